The second-order valence-electron chi connectivity index (χ2n) is 9.72. The minimum atomic E-state index is -0.966. The van der Waals surface area contributed by atoms with Crippen LogP contribution in [0.25, 0.3) is 5.69 Å². The molecule has 2 amide bonds. The average molecular weight is 542 g/mol. The molecule has 1 aromatic heterocycles. The van der Waals surface area contributed by atoms with Crippen LogP contribution in [0, 0.1) is 15.5 Å². The third-order valence-corrected chi connectivity index (χ3v) is 6.04. The average Bonchev–Trinajstić information content (AvgIpc) is 3.39. The maximum Gasteiger partial charge on any atom is 0.317 e. The van der Waals surface area contributed by atoms with E-state index >= 15 is 0 Å². The van der Waals surface area contributed by atoms with Gasteiger partial charge in [-0.2, -0.15) is 4.68 Å². The molecule has 0 saturated carbocycles. The van der Waals surface area contributed by atoms with Crippen LogP contribution in [-0.4, -0.2) is 56.0 Å². The van der Waals surface area contributed by atoms with Gasteiger partial charge >= 0.3 is 23.5 Å². The van der Waals surface area contributed by atoms with Gasteiger partial charge < -0.3 is 9.64 Å². The van der Waals surface area contributed by atoms with Gasteiger partial charge in [-0.3, -0.25) is 29.4 Å². The van der Waals surface area contributed by atoms with E-state index in [4.69, 9.17) is 16.3 Å². The van der Waals surface area contributed by atoms with Crippen molar-refractivity contribution in [2.75, 3.05) is 22.9 Å². The summed E-state index contributed by atoms with van der Waals surface area (Å²) in [6.07, 6.45) is 1.84. The van der Waals surface area contributed by atoms with Crippen molar-refractivity contribution in [3.63, 3.8) is 0 Å². The molecule has 2 aromatic carbocycles. The maximum absolute atomic E-state index is 13.3. The molecule has 0 spiro atoms. The highest BCUT2D eigenvalue weighted by Crippen LogP contribution is 2.39. The van der Waals surface area contributed by atoms with Crippen LogP contribution in [0.3, 0.4) is 0 Å². The van der Waals surface area contributed by atoms with Crippen LogP contribution in [0.15, 0.2) is 42.7 Å². The van der Waals surface area contributed by atoms with Gasteiger partial charge in [-0.1, -0.05) is 38.4 Å². The standard InChI is InChI=1S/C24H24ClN7O6/c1-24(2,3)10-9-20(33)38-21-17(5-4-6-18(21)32(36)37)29-11-12-30(23(35)22(29)34)19-13-15(25)7-8-16(19)31-14-26-27-28-31/h4-8,13-14H,9-12H2,1-3H3. The topological polar surface area (TPSA) is 154 Å². The van der Waals surface area contributed by atoms with Crippen molar-refractivity contribution in [1.29, 1.82) is 0 Å². The molecule has 38 heavy (non-hydrogen) atoms. The molecule has 1 aliphatic rings. The van der Waals surface area contributed by atoms with Crippen molar-refractivity contribution in [3.8, 4) is 11.4 Å². The van der Waals surface area contributed by atoms with Crippen LogP contribution in [0.1, 0.15) is 33.6 Å². The molecular formula is C24H24ClN7O6. The lowest BCUT2D eigenvalue weighted by Gasteiger charge is -2.34. The van der Waals surface area contributed by atoms with E-state index in [9.17, 15) is 24.5 Å². The Morgan fingerprint density at radius 2 is 1.76 bits per heavy atom. The van der Waals surface area contributed by atoms with Crippen molar-refractivity contribution in [2.24, 2.45) is 5.41 Å². The summed E-state index contributed by atoms with van der Waals surface area (Å²) < 4.78 is 6.75. The van der Waals surface area contributed by atoms with Gasteiger partial charge in [-0.15, -0.1) is 5.10 Å². The fourth-order valence-corrected chi connectivity index (χ4v) is 4.05. The van der Waals surface area contributed by atoms with E-state index in [0.717, 1.165) is 4.90 Å². The number of aromatic nitrogens is 4. The number of hydrogen-bond acceptors (Lipinski definition) is 9. The Labute approximate surface area is 222 Å². The Balaban J connectivity index is 1.65. The van der Waals surface area contributed by atoms with Gasteiger partial charge in [0.05, 0.1) is 22.0 Å². The van der Waals surface area contributed by atoms with Crippen molar-refractivity contribution in [1.82, 2.24) is 20.2 Å². The van der Waals surface area contributed by atoms with Gasteiger partial charge in [0.2, 0.25) is 5.75 Å². The third-order valence-electron chi connectivity index (χ3n) is 5.80. The van der Waals surface area contributed by atoms with Gasteiger partial charge in [-0.25, -0.2) is 0 Å². The largest absolute Gasteiger partial charge is 0.417 e. The number of nitro benzene ring substituents is 1. The van der Waals surface area contributed by atoms with Gasteiger partial charge in [-0.05, 0) is 46.5 Å². The summed E-state index contributed by atoms with van der Waals surface area (Å²) in [7, 11) is 0. The Morgan fingerprint density at radius 3 is 2.37 bits per heavy atom. The number of nitro groups is 1. The number of anilines is 2. The van der Waals surface area contributed by atoms with Gasteiger partial charge in [0.1, 0.15) is 6.33 Å². The van der Waals surface area contributed by atoms with E-state index in [1.165, 1.54) is 40.2 Å². The van der Waals surface area contributed by atoms with Gasteiger partial charge in [0.25, 0.3) is 0 Å². The molecule has 0 aliphatic carbocycles. The molecule has 1 saturated heterocycles. The molecular weight excluding hydrogens is 518 g/mol. The normalized spacial score (nSPS) is 14.1. The lowest BCUT2D eigenvalue weighted by Crippen LogP contribution is -2.55. The summed E-state index contributed by atoms with van der Waals surface area (Å²) in [5.41, 5.74) is 0.0108. The van der Waals surface area contributed by atoms with Crippen molar-refractivity contribution in [2.45, 2.75) is 33.6 Å². The van der Waals surface area contributed by atoms with Crippen LogP contribution < -0.4 is 14.5 Å². The monoisotopic (exact) mass is 541 g/mol. The number of rotatable bonds is 7. The van der Waals surface area contributed by atoms with E-state index in [1.807, 2.05) is 20.8 Å². The number of amides is 2. The molecule has 0 N–H and O–H groups in total. The van der Waals surface area contributed by atoms with E-state index in [2.05, 4.69) is 15.5 Å². The Hall–Kier alpha value is -4.39. The maximum atomic E-state index is 13.3. The highest BCUT2D eigenvalue weighted by molar-refractivity contribution is 6.46. The number of carbonyl (C=O) groups is 3. The molecule has 0 unspecified atom stereocenters. The van der Waals surface area contributed by atoms with E-state index in [-0.39, 0.29) is 36.4 Å². The van der Waals surface area contributed by atoms with Crippen LogP contribution in [0.5, 0.6) is 5.75 Å². The molecule has 0 atom stereocenters. The quantitative estimate of drug-likeness (QED) is 0.144. The highest BCUT2D eigenvalue weighted by Gasteiger charge is 2.38. The minimum Gasteiger partial charge on any atom is -0.417 e. The predicted octanol–water partition coefficient (Wildman–Crippen LogP) is 3.34. The molecule has 13 nitrogen and oxygen atoms in total. The van der Waals surface area contributed by atoms with Crippen LogP contribution in [-0.2, 0) is 14.4 Å². The summed E-state index contributed by atoms with van der Waals surface area (Å²) >= 11 is 6.17. The van der Waals surface area contributed by atoms with Gasteiger partial charge in [0, 0.05) is 30.6 Å². The zero-order valence-electron chi connectivity index (χ0n) is 20.8. The Kier molecular flexibility index (Phi) is 7.39. The summed E-state index contributed by atoms with van der Waals surface area (Å²) in [5.74, 6) is -2.95. The number of halogens is 1. The third kappa shape index (κ3) is 5.62. The zero-order valence-corrected chi connectivity index (χ0v) is 21.6. The molecule has 2 heterocycles. The molecule has 14 heteroatoms. The number of piperazine rings is 1. The first-order valence-corrected chi connectivity index (χ1v) is 12.0. The number of benzene rings is 2. The summed E-state index contributed by atoms with van der Waals surface area (Å²) in [6.45, 7) is 5.82. The minimum absolute atomic E-state index is 0.0140. The van der Waals surface area contributed by atoms with Crippen LogP contribution >= 0.6 is 11.6 Å². The second-order valence-corrected chi connectivity index (χ2v) is 10.2. The zero-order chi connectivity index (χ0) is 27.6. The first-order chi connectivity index (χ1) is 18.0. The first kappa shape index (κ1) is 26.7. The molecule has 4 rings (SSSR count). The molecule has 1 aliphatic heterocycles. The van der Waals surface area contributed by atoms with E-state index < -0.39 is 28.4 Å². The number of tetrazole rings is 1. The summed E-state index contributed by atoms with van der Waals surface area (Å²) in [5, 5.41) is 23.1. The number of nitrogens with zero attached hydrogens (tertiary/aromatic N) is 7. The number of para-hydroxylation sites is 1. The van der Waals surface area contributed by atoms with Crippen LogP contribution in [0.4, 0.5) is 17.1 Å². The fourth-order valence-electron chi connectivity index (χ4n) is 3.89. The van der Waals surface area contributed by atoms with Crippen molar-refractivity contribution < 1.29 is 24.0 Å². The molecule has 198 valence electrons. The molecule has 3 aromatic rings. The first-order valence-electron chi connectivity index (χ1n) is 11.6. The predicted molar refractivity (Wildman–Crippen MR) is 136 cm³/mol. The smallest absolute Gasteiger partial charge is 0.317 e. The number of ether oxygens (including phenoxy) is 1. The summed E-state index contributed by atoms with van der Waals surface area (Å²) in [4.78, 5) is 52.5. The summed E-state index contributed by atoms with van der Waals surface area (Å²) in [6, 6.07) is 8.63. The second kappa shape index (κ2) is 10.5. The Morgan fingerprint density at radius 1 is 1.08 bits per heavy atom. The highest BCUT2D eigenvalue weighted by atomic mass is 35.5. The molecule has 0 radical (unpaired) electrons. The molecule has 1 fully saturated rings. The van der Waals surface area contributed by atoms with Gasteiger partial charge in [0.15, 0.2) is 0 Å². The Bertz CT molecular complexity index is 1400. The number of esters is 1. The fraction of sp³-hybridized carbons (Fsp3) is 0.333. The molecule has 0 bridgehead atoms. The van der Waals surface area contributed by atoms with E-state index in [0.29, 0.717) is 22.8 Å². The van der Waals surface area contributed by atoms with E-state index in [1.54, 1.807) is 12.1 Å². The number of carbonyl (C=O) groups excluding carboxylic acids is 3. The lowest BCUT2D eigenvalue weighted by molar-refractivity contribution is -0.385. The van der Waals surface area contributed by atoms with Crippen LogP contribution in [0.2, 0.25) is 5.02 Å². The van der Waals surface area contributed by atoms with Crippen molar-refractivity contribution >= 4 is 46.4 Å². The van der Waals surface area contributed by atoms with Crippen molar-refractivity contribution in [3.05, 3.63) is 57.9 Å². The number of hydrogen-bond donors (Lipinski definition) is 0. The lowest BCUT2D eigenvalue weighted by atomic mass is 9.91. The SMILES string of the molecule is CC(C)(C)CCC(=O)Oc1c(N2CCN(c3cc(Cl)ccc3-n3cnnn3)C(=O)C2=O)cccc1[N+](=O)[O-].